The van der Waals surface area contributed by atoms with Gasteiger partial charge < -0.3 is 14.2 Å². The Bertz CT molecular complexity index is 774. The van der Waals surface area contributed by atoms with E-state index in [1.165, 1.54) is 43.5 Å². The highest BCUT2D eigenvalue weighted by Gasteiger charge is 2.16. The summed E-state index contributed by atoms with van der Waals surface area (Å²) in [4.78, 5) is 23.9. The van der Waals surface area contributed by atoms with Gasteiger partial charge in [-0.2, -0.15) is 0 Å². The minimum Gasteiger partial charge on any atom is -0.493 e. The average molecular weight is 369 g/mol. The molecule has 126 valence electrons. The number of halogens is 2. The lowest BCUT2D eigenvalue weighted by Crippen LogP contribution is -2.10. The molecule has 0 spiro atoms. The summed E-state index contributed by atoms with van der Waals surface area (Å²) in [5.41, 5.74) is 0.531. The average Bonchev–Trinajstić information content (AvgIpc) is 2.57. The Morgan fingerprint density at radius 2 is 1.58 bits per heavy atom. The molecule has 2 aromatic carbocycles. The fourth-order valence-corrected chi connectivity index (χ4v) is 2.17. The first-order chi connectivity index (χ1) is 11.5. The zero-order valence-electron chi connectivity index (χ0n) is 13.0. The Kier molecular flexibility index (Phi) is 6.06. The first kappa shape index (κ1) is 18.1. The molecule has 0 unspecified atom stereocenters. The lowest BCUT2D eigenvalue weighted by atomic mass is 10.2. The van der Waals surface area contributed by atoms with Crippen LogP contribution in [0.1, 0.15) is 27.6 Å². The second-order valence-corrected chi connectivity index (χ2v) is 5.42. The molecule has 2 aromatic rings. The molecule has 7 heteroatoms. The number of ether oxygens (including phenoxy) is 3. The van der Waals surface area contributed by atoms with Crippen molar-refractivity contribution in [1.29, 1.82) is 0 Å². The zero-order valence-corrected chi connectivity index (χ0v) is 14.5. The van der Waals surface area contributed by atoms with E-state index in [4.69, 9.17) is 37.4 Å². The van der Waals surface area contributed by atoms with Crippen molar-refractivity contribution in [2.75, 3.05) is 13.7 Å². The normalized spacial score (nSPS) is 10.2. The number of benzene rings is 2. The van der Waals surface area contributed by atoms with Crippen LogP contribution in [0.3, 0.4) is 0 Å². The van der Waals surface area contributed by atoms with Crippen LogP contribution in [0.2, 0.25) is 10.0 Å². The number of esters is 2. The molecule has 0 N–H and O–H groups in total. The third kappa shape index (κ3) is 4.19. The van der Waals surface area contributed by atoms with Gasteiger partial charge in [0.05, 0.1) is 34.9 Å². The molecule has 0 bridgehead atoms. The van der Waals surface area contributed by atoms with Gasteiger partial charge in [-0.3, -0.25) is 0 Å². The summed E-state index contributed by atoms with van der Waals surface area (Å²) >= 11 is 11.7. The Hall–Kier alpha value is -2.24. The van der Waals surface area contributed by atoms with Crippen molar-refractivity contribution in [2.45, 2.75) is 6.92 Å². The van der Waals surface area contributed by atoms with E-state index >= 15 is 0 Å². The lowest BCUT2D eigenvalue weighted by molar-refractivity contribution is 0.0526. The maximum absolute atomic E-state index is 12.2. The minimum atomic E-state index is -0.629. The van der Waals surface area contributed by atoms with Crippen LogP contribution in [0.4, 0.5) is 0 Å². The number of carbonyl (C=O) groups excluding carboxylic acids is 2. The molecular weight excluding hydrogens is 355 g/mol. The lowest BCUT2D eigenvalue weighted by Gasteiger charge is -2.11. The molecule has 0 atom stereocenters. The van der Waals surface area contributed by atoms with Gasteiger partial charge in [-0.15, -0.1) is 0 Å². The van der Waals surface area contributed by atoms with Crippen molar-refractivity contribution in [1.82, 2.24) is 0 Å². The quantitative estimate of drug-likeness (QED) is 0.578. The van der Waals surface area contributed by atoms with Crippen LogP contribution in [0.25, 0.3) is 0 Å². The highest BCUT2D eigenvalue weighted by molar-refractivity contribution is 6.42. The molecule has 2 rings (SSSR count). The summed E-state index contributed by atoms with van der Waals surface area (Å²) in [6.07, 6.45) is 0. The summed E-state index contributed by atoms with van der Waals surface area (Å²) in [6, 6.07) is 8.79. The predicted molar refractivity (Wildman–Crippen MR) is 90.4 cm³/mol. The van der Waals surface area contributed by atoms with Crippen LogP contribution in [0.15, 0.2) is 36.4 Å². The summed E-state index contributed by atoms with van der Waals surface area (Å²) < 4.78 is 15.4. The number of methoxy groups -OCH3 is 1. The molecule has 5 nitrogen and oxygen atoms in total. The standard InChI is InChI=1S/C17H14Cl2O5/c1-3-23-16(20)11-5-7-14(15(9-11)22-2)24-17(21)10-4-6-12(18)13(19)8-10/h4-9H,3H2,1-2H3. The Morgan fingerprint density at radius 3 is 2.21 bits per heavy atom. The predicted octanol–water partition coefficient (Wildman–Crippen LogP) is 4.40. The highest BCUT2D eigenvalue weighted by Crippen LogP contribution is 2.30. The second kappa shape index (κ2) is 8.04. The molecule has 0 fully saturated rings. The van der Waals surface area contributed by atoms with Crippen molar-refractivity contribution in [3.63, 3.8) is 0 Å². The van der Waals surface area contributed by atoms with Crippen molar-refractivity contribution in [3.05, 3.63) is 57.6 Å². The molecule has 24 heavy (non-hydrogen) atoms. The van der Waals surface area contributed by atoms with Crippen molar-refractivity contribution in [3.8, 4) is 11.5 Å². The van der Waals surface area contributed by atoms with Crippen LogP contribution in [0, 0.1) is 0 Å². The molecule has 0 aliphatic carbocycles. The third-order valence-electron chi connectivity index (χ3n) is 3.03. The molecule has 0 saturated heterocycles. The Labute approximate surface area is 149 Å². The number of hydrogen-bond donors (Lipinski definition) is 0. The van der Waals surface area contributed by atoms with E-state index in [-0.39, 0.29) is 28.7 Å². The molecule has 0 saturated carbocycles. The van der Waals surface area contributed by atoms with Gasteiger partial charge >= 0.3 is 11.9 Å². The van der Waals surface area contributed by atoms with Gasteiger partial charge in [-0.05, 0) is 43.3 Å². The maximum Gasteiger partial charge on any atom is 0.343 e. The second-order valence-electron chi connectivity index (χ2n) is 4.60. The number of rotatable bonds is 5. The van der Waals surface area contributed by atoms with Crippen LogP contribution >= 0.6 is 23.2 Å². The van der Waals surface area contributed by atoms with Gasteiger partial charge in [0.2, 0.25) is 0 Å². The third-order valence-corrected chi connectivity index (χ3v) is 3.77. The first-order valence-electron chi connectivity index (χ1n) is 6.98. The summed E-state index contributed by atoms with van der Waals surface area (Å²) in [6.45, 7) is 1.97. The minimum absolute atomic E-state index is 0.168. The molecular formula is C17H14Cl2O5. The fraction of sp³-hybridized carbons (Fsp3) is 0.176. The van der Waals surface area contributed by atoms with Crippen LogP contribution in [-0.2, 0) is 4.74 Å². The van der Waals surface area contributed by atoms with Gasteiger partial charge in [0, 0.05) is 0 Å². The Balaban J connectivity index is 2.23. The van der Waals surface area contributed by atoms with Gasteiger partial charge in [0.15, 0.2) is 11.5 Å². The highest BCUT2D eigenvalue weighted by atomic mass is 35.5. The zero-order chi connectivity index (χ0) is 17.7. The first-order valence-corrected chi connectivity index (χ1v) is 7.74. The van der Waals surface area contributed by atoms with Crippen LogP contribution < -0.4 is 9.47 Å². The largest absolute Gasteiger partial charge is 0.493 e. The van der Waals surface area contributed by atoms with Crippen molar-refractivity contribution >= 4 is 35.1 Å². The molecule has 0 amide bonds. The molecule has 0 aliphatic rings. The number of hydrogen-bond acceptors (Lipinski definition) is 5. The van der Waals surface area contributed by atoms with Crippen molar-refractivity contribution < 1.29 is 23.8 Å². The van der Waals surface area contributed by atoms with E-state index in [1.54, 1.807) is 6.92 Å². The SMILES string of the molecule is CCOC(=O)c1ccc(OC(=O)c2ccc(Cl)c(Cl)c2)c(OC)c1. The van der Waals surface area contributed by atoms with E-state index < -0.39 is 11.9 Å². The summed E-state index contributed by atoms with van der Waals surface area (Å²) in [5, 5.41) is 0.584. The van der Waals surface area contributed by atoms with E-state index in [9.17, 15) is 9.59 Å². The molecule has 0 heterocycles. The fourth-order valence-electron chi connectivity index (χ4n) is 1.88. The topological polar surface area (TPSA) is 61.8 Å². The smallest absolute Gasteiger partial charge is 0.343 e. The van der Waals surface area contributed by atoms with Crippen molar-refractivity contribution in [2.24, 2.45) is 0 Å². The summed E-state index contributed by atoms with van der Waals surface area (Å²) in [7, 11) is 1.40. The molecule has 0 aliphatic heterocycles. The molecule has 0 aromatic heterocycles. The van der Waals surface area contributed by atoms with Crippen LogP contribution in [-0.4, -0.2) is 25.7 Å². The van der Waals surface area contributed by atoms with Gasteiger partial charge in [0.25, 0.3) is 0 Å². The van der Waals surface area contributed by atoms with Crippen LogP contribution in [0.5, 0.6) is 11.5 Å². The molecule has 0 radical (unpaired) electrons. The monoisotopic (exact) mass is 368 g/mol. The Morgan fingerprint density at radius 1 is 0.917 bits per heavy atom. The van der Waals surface area contributed by atoms with Gasteiger partial charge in [-0.25, -0.2) is 9.59 Å². The van der Waals surface area contributed by atoms with Gasteiger partial charge in [0.1, 0.15) is 0 Å². The number of carbonyl (C=O) groups is 2. The summed E-state index contributed by atoms with van der Waals surface area (Å²) in [5.74, 6) is -0.718. The van der Waals surface area contributed by atoms with E-state index in [1.807, 2.05) is 0 Å². The van der Waals surface area contributed by atoms with E-state index in [2.05, 4.69) is 0 Å². The van der Waals surface area contributed by atoms with E-state index in [0.29, 0.717) is 10.6 Å². The van der Waals surface area contributed by atoms with Gasteiger partial charge in [-0.1, -0.05) is 23.2 Å². The maximum atomic E-state index is 12.2. The van der Waals surface area contributed by atoms with E-state index in [0.717, 1.165) is 0 Å².